The number of nitrogens with zero attached hydrogens (tertiary/aromatic N) is 1. The van der Waals surface area contributed by atoms with Crippen molar-refractivity contribution in [2.45, 2.75) is 19.3 Å². The summed E-state index contributed by atoms with van der Waals surface area (Å²) >= 11 is 0. The lowest BCUT2D eigenvalue weighted by atomic mass is 9.75. The molecule has 0 bridgehead atoms. The largest absolute Gasteiger partial charge is 0.309 e. The third-order valence-electron chi connectivity index (χ3n) is 8.91. The Morgan fingerprint density at radius 3 is 2.08 bits per heavy atom. The molecule has 3 aliphatic rings. The molecule has 0 saturated carbocycles. The topological polar surface area (TPSA) is 4.93 Å². The molecule has 2 aliphatic carbocycles. The van der Waals surface area contributed by atoms with E-state index in [0.29, 0.717) is 11.8 Å². The van der Waals surface area contributed by atoms with E-state index in [4.69, 9.17) is 0 Å². The third-order valence-corrected chi connectivity index (χ3v) is 8.91. The van der Waals surface area contributed by atoms with Crippen molar-refractivity contribution in [1.82, 2.24) is 4.57 Å². The summed E-state index contributed by atoms with van der Waals surface area (Å²) in [7, 11) is 0. The zero-order valence-electron chi connectivity index (χ0n) is 21.7. The molecule has 1 heteroatoms. The summed E-state index contributed by atoms with van der Waals surface area (Å²) in [6.45, 7) is 4.72. The van der Waals surface area contributed by atoms with Crippen molar-refractivity contribution in [2.24, 2.45) is 11.8 Å². The van der Waals surface area contributed by atoms with E-state index in [1.165, 1.54) is 60.9 Å². The molecule has 1 nitrogen and oxygen atoms in total. The van der Waals surface area contributed by atoms with Crippen LogP contribution in [0.1, 0.15) is 36.1 Å². The Hall–Kier alpha value is -4.36. The lowest BCUT2D eigenvalue weighted by Gasteiger charge is -2.34. The van der Waals surface area contributed by atoms with Crippen LogP contribution in [-0.4, -0.2) is 4.57 Å². The minimum absolute atomic E-state index is 0.0474. The number of rotatable bonds is 2. The van der Waals surface area contributed by atoms with Gasteiger partial charge in [0.25, 0.3) is 0 Å². The summed E-state index contributed by atoms with van der Waals surface area (Å²) in [5, 5.41) is 2.66. The van der Waals surface area contributed by atoms with E-state index in [2.05, 4.69) is 146 Å². The van der Waals surface area contributed by atoms with Crippen molar-refractivity contribution >= 4 is 33.0 Å². The number of aromatic nitrogens is 1. The second-order valence-electron chi connectivity index (χ2n) is 11.4. The fourth-order valence-electron chi connectivity index (χ4n) is 6.99. The van der Waals surface area contributed by atoms with Crippen LogP contribution < -0.4 is 0 Å². The number of hydrogen-bond donors (Lipinski definition) is 0. The standard InChI is InChI=1S/C37H29N/c1-37(2)32-16-8-9-18-35(32)38-34-20-19-27(23-31(34)28-15-10-17-33(37)36(28)38)30-22-26-14-7-6-13-25(26)21-29(30)24-11-4-3-5-12-24/h3-23,25-26H,1-2H3. The number of para-hydroxylation sites is 2. The third kappa shape index (κ3) is 2.93. The molecule has 0 amide bonds. The molecule has 2 atom stereocenters. The predicted molar refractivity (Wildman–Crippen MR) is 161 cm³/mol. The summed E-state index contributed by atoms with van der Waals surface area (Å²) < 4.78 is 2.50. The summed E-state index contributed by atoms with van der Waals surface area (Å²) in [6.07, 6.45) is 14.0. The molecule has 2 unspecified atom stereocenters. The maximum absolute atomic E-state index is 2.50. The van der Waals surface area contributed by atoms with E-state index in [9.17, 15) is 0 Å². The Balaban J connectivity index is 1.39. The average molecular weight is 488 g/mol. The van der Waals surface area contributed by atoms with Gasteiger partial charge in [-0.15, -0.1) is 0 Å². The molecule has 1 aromatic heterocycles. The van der Waals surface area contributed by atoms with Gasteiger partial charge in [0.15, 0.2) is 0 Å². The first-order valence-electron chi connectivity index (χ1n) is 13.6. The molecule has 5 aromatic rings. The number of fused-ring (bicyclic) bond motifs is 6. The molecule has 0 saturated heterocycles. The van der Waals surface area contributed by atoms with Crippen molar-refractivity contribution < 1.29 is 0 Å². The van der Waals surface area contributed by atoms with E-state index < -0.39 is 0 Å². The molecule has 182 valence electrons. The van der Waals surface area contributed by atoms with Crippen LogP contribution >= 0.6 is 0 Å². The van der Waals surface area contributed by atoms with Crippen molar-refractivity contribution in [3.8, 4) is 5.69 Å². The van der Waals surface area contributed by atoms with Gasteiger partial charge in [-0.1, -0.05) is 123 Å². The summed E-state index contributed by atoms with van der Waals surface area (Å²) in [4.78, 5) is 0. The molecule has 8 rings (SSSR count). The van der Waals surface area contributed by atoms with Crippen LogP contribution in [0.25, 0.3) is 38.6 Å². The summed E-state index contributed by atoms with van der Waals surface area (Å²) in [5.41, 5.74) is 11.9. The van der Waals surface area contributed by atoms with Crippen LogP contribution in [-0.2, 0) is 5.41 Å². The predicted octanol–water partition coefficient (Wildman–Crippen LogP) is 9.26. The zero-order chi connectivity index (χ0) is 25.4. The van der Waals surface area contributed by atoms with Gasteiger partial charge < -0.3 is 4.57 Å². The van der Waals surface area contributed by atoms with Crippen molar-refractivity contribution in [3.63, 3.8) is 0 Å². The first-order chi connectivity index (χ1) is 18.6. The van der Waals surface area contributed by atoms with E-state index in [1.54, 1.807) is 0 Å². The number of benzene rings is 4. The maximum Gasteiger partial charge on any atom is 0.0582 e. The fraction of sp³-hybridized carbons (Fsp3) is 0.135. The normalized spacial score (nSPS) is 20.7. The van der Waals surface area contributed by atoms with Crippen LogP contribution in [0.15, 0.2) is 127 Å². The van der Waals surface area contributed by atoms with Gasteiger partial charge in [0.2, 0.25) is 0 Å². The molecule has 2 heterocycles. The molecule has 0 spiro atoms. The second kappa shape index (κ2) is 7.82. The molecule has 1 aliphatic heterocycles. The Bertz CT molecular complexity index is 1890. The van der Waals surface area contributed by atoms with Crippen molar-refractivity contribution in [3.05, 3.63) is 150 Å². The minimum atomic E-state index is -0.0474. The molecular weight excluding hydrogens is 458 g/mol. The van der Waals surface area contributed by atoms with Gasteiger partial charge in [0, 0.05) is 28.0 Å². The first-order valence-corrected chi connectivity index (χ1v) is 13.6. The van der Waals surface area contributed by atoms with Crippen LogP contribution in [0.2, 0.25) is 0 Å². The number of allylic oxidation sites excluding steroid dienone is 8. The van der Waals surface area contributed by atoms with Gasteiger partial charge in [-0.2, -0.15) is 0 Å². The van der Waals surface area contributed by atoms with E-state index in [0.717, 1.165) is 0 Å². The van der Waals surface area contributed by atoms with Crippen LogP contribution in [0.3, 0.4) is 0 Å². The van der Waals surface area contributed by atoms with Crippen molar-refractivity contribution in [2.75, 3.05) is 0 Å². The maximum atomic E-state index is 2.50. The highest BCUT2D eigenvalue weighted by molar-refractivity contribution is 6.14. The van der Waals surface area contributed by atoms with Crippen LogP contribution in [0, 0.1) is 11.8 Å². The smallest absolute Gasteiger partial charge is 0.0582 e. The Morgan fingerprint density at radius 1 is 0.605 bits per heavy atom. The first kappa shape index (κ1) is 21.7. The summed E-state index contributed by atoms with van der Waals surface area (Å²) in [5.74, 6) is 0.792. The second-order valence-corrected chi connectivity index (χ2v) is 11.4. The zero-order valence-corrected chi connectivity index (χ0v) is 21.7. The van der Waals surface area contributed by atoms with Gasteiger partial charge in [-0.25, -0.2) is 0 Å². The van der Waals surface area contributed by atoms with Crippen LogP contribution in [0.5, 0.6) is 0 Å². The lowest BCUT2D eigenvalue weighted by Crippen LogP contribution is -2.26. The SMILES string of the molecule is CC1(C)c2ccccc2-n2c3ccc(C4=CC5C=CC=CC5C=C4c4ccccc4)cc3c3cccc1c32. The Kier molecular flexibility index (Phi) is 4.47. The van der Waals surface area contributed by atoms with Crippen LogP contribution in [0.4, 0.5) is 0 Å². The molecule has 0 N–H and O–H groups in total. The fourth-order valence-corrected chi connectivity index (χ4v) is 6.99. The van der Waals surface area contributed by atoms with E-state index in [1.807, 2.05) is 0 Å². The Morgan fingerprint density at radius 2 is 1.29 bits per heavy atom. The van der Waals surface area contributed by atoms with Gasteiger partial charge in [0.1, 0.15) is 0 Å². The highest BCUT2D eigenvalue weighted by Crippen LogP contribution is 2.48. The minimum Gasteiger partial charge on any atom is -0.309 e. The molecule has 38 heavy (non-hydrogen) atoms. The van der Waals surface area contributed by atoms with E-state index in [-0.39, 0.29) is 5.41 Å². The monoisotopic (exact) mass is 487 g/mol. The van der Waals surface area contributed by atoms with E-state index >= 15 is 0 Å². The van der Waals surface area contributed by atoms with Gasteiger partial charge in [-0.05, 0) is 51.6 Å². The quantitative estimate of drug-likeness (QED) is 0.234. The molecular formula is C37H29N. The summed E-state index contributed by atoms with van der Waals surface area (Å²) in [6, 6.07) is 33.7. The lowest BCUT2D eigenvalue weighted by molar-refractivity contribution is 0.630. The highest BCUT2D eigenvalue weighted by atomic mass is 15.0. The molecule has 4 aromatic carbocycles. The van der Waals surface area contributed by atoms with Crippen molar-refractivity contribution in [1.29, 1.82) is 0 Å². The van der Waals surface area contributed by atoms with Gasteiger partial charge in [0.05, 0.1) is 16.7 Å². The molecule has 0 radical (unpaired) electrons. The van der Waals surface area contributed by atoms with Gasteiger partial charge >= 0.3 is 0 Å². The molecule has 0 fully saturated rings. The van der Waals surface area contributed by atoms with Gasteiger partial charge in [-0.3, -0.25) is 0 Å². The highest BCUT2D eigenvalue weighted by Gasteiger charge is 2.35. The number of hydrogen-bond acceptors (Lipinski definition) is 0. The Labute approximate surface area is 223 Å². The average Bonchev–Trinajstić information content (AvgIpc) is 3.30.